The molecule has 0 aliphatic heterocycles. The van der Waals surface area contributed by atoms with Crippen LogP contribution in [0.25, 0.3) is 111 Å². The third kappa shape index (κ3) is 6.67. The van der Waals surface area contributed by atoms with Crippen molar-refractivity contribution in [2.75, 3.05) is 0 Å². The highest BCUT2D eigenvalue weighted by molar-refractivity contribution is 6.24. The summed E-state index contributed by atoms with van der Waals surface area (Å²) in [4.78, 5) is 0. The molecule has 0 saturated heterocycles. The summed E-state index contributed by atoms with van der Waals surface area (Å²) in [5.74, 6) is 0. The lowest BCUT2D eigenvalue weighted by Gasteiger charge is -2.22. The van der Waals surface area contributed by atoms with Crippen LogP contribution in [0.1, 0.15) is 5.56 Å². The van der Waals surface area contributed by atoms with Gasteiger partial charge in [-0.25, -0.2) is 0 Å². The molecule has 0 aliphatic rings. The van der Waals surface area contributed by atoms with Gasteiger partial charge in [0.1, 0.15) is 0 Å². The lowest BCUT2D eigenvalue weighted by Crippen LogP contribution is -2.02. The fourth-order valence-corrected chi connectivity index (χ4v) is 10.0. The maximum absolute atomic E-state index is 2.45. The van der Waals surface area contributed by atoms with Crippen LogP contribution in [-0.4, -0.2) is 9.13 Å². The van der Waals surface area contributed by atoms with E-state index in [9.17, 15) is 0 Å². The Balaban J connectivity index is 1.21. The van der Waals surface area contributed by atoms with E-state index in [4.69, 9.17) is 0 Å². The Hall–Kier alpha value is -8.46. The van der Waals surface area contributed by atoms with Crippen molar-refractivity contribution >= 4 is 32.3 Å². The number of fused-ring (bicyclic) bond motifs is 3. The summed E-state index contributed by atoms with van der Waals surface area (Å²) in [5.41, 5.74) is 17.6. The predicted molar refractivity (Wildman–Crippen MR) is 275 cm³/mol. The Labute approximate surface area is 379 Å². The molecule has 2 nitrogen and oxygen atoms in total. The molecule has 0 bridgehead atoms. The molecular weight excluding hydrogens is 785 g/mol. The fourth-order valence-electron chi connectivity index (χ4n) is 10.0. The second kappa shape index (κ2) is 16.0. The van der Waals surface area contributed by atoms with E-state index in [2.05, 4.69) is 265 Å². The molecule has 65 heavy (non-hydrogen) atoms. The van der Waals surface area contributed by atoms with Crippen LogP contribution in [0, 0.1) is 6.92 Å². The third-order valence-electron chi connectivity index (χ3n) is 13.0. The smallest absolute Gasteiger partial charge is 0.0535 e. The highest BCUT2D eigenvalue weighted by Crippen LogP contribution is 2.48. The molecule has 0 N–H and O–H groups in total. The number of aromatic nitrogens is 2. The standard InChI is InChI=1S/C63H44N2/c1-43-29-31-49(32-30-43)62-54-35-33-51(65-60(47-22-10-4-11-23-47)39-40-61(65)48-24-12-5-13-25-48)42-57(54)63(53-28-16-26-44-17-14-15-27-52(44)53)55-36-34-50(41-56(55)62)64-58(45-18-6-2-7-19-45)37-38-59(64)46-20-8-3-9-21-46/h2-42H,1H3. The highest BCUT2D eigenvalue weighted by Gasteiger charge is 2.23. The van der Waals surface area contributed by atoms with Gasteiger partial charge in [-0.05, 0) is 132 Å². The van der Waals surface area contributed by atoms with Gasteiger partial charge in [0.05, 0.1) is 22.8 Å². The van der Waals surface area contributed by atoms with Gasteiger partial charge in [-0.15, -0.1) is 0 Å². The summed E-state index contributed by atoms with van der Waals surface area (Å²) in [6, 6.07) is 91.1. The van der Waals surface area contributed by atoms with E-state index >= 15 is 0 Å². The Bertz CT molecular complexity index is 3550. The molecule has 0 saturated carbocycles. The number of hydrogen-bond acceptors (Lipinski definition) is 0. The summed E-state index contributed by atoms with van der Waals surface area (Å²) in [7, 11) is 0. The molecule has 12 rings (SSSR count). The number of benzene rings is 10. The minimum absolute atomic E-state index is 1.11. The largest absolute Gasteiger partial charge is 0.309 e. The molecule has 0 amide bonds. The first-order valence-electron chi connectivity index (χ1n) is 22.4. The maximum atomic E-state index is 2.45. The lowest BCUT2D eigenvalue weighted by atomic mass is 9.84. The summed E-state index contributed by atoms with van der Waals surface area (Å²) < 4.78 is 4.88. The SMILES string of the molecule is Cc1ccc(-c2c3cc(-n4c(-c5ccccc5)ccc4-c4ccccc4)ccc3c(-c3cccc4ccccc34)c3cc(-n4c(-c5ccccc5)ccc4-c4ccccc4)ccc23)cc1. The van der Waals surface area contributed by atoms with Gasteiger partial charge in [0, 0.05) is 11.4 Å². The molecule has 0 atom stereocenters. The van der Waals surface area contributed by atoms with Crippen molar-refractivity contribution < 1.29 is 0 Å². The average Bonchev–Trinajstić information content (AvgIpc) is 4.03. The Morgan fingerprint density at radius 1 is 0.262 bits per heavy atom. The monoisotopic (exact) mass is 828 g/mol. The van der Waals surface area contributed by atoms with Crippen molar-refractivity contribution in [1.82, 2.24) is 9.13 Å². The zero-order valence-electron chi connectivity index (χ0n) is 36.1. The molecule has 0 fully saturated rings. The predicted octanol–water partition coefficient (Wildman–Crippen LogP) is 17.0. The molecule has 12 aromatic rings. The van der Waals surface area contributed by atoms with Crippen molar-refractivity contribution in [3.05, 3.63) is 254 Å². The van der Waals surface area contributed by atoms with E-state index in [1.165, 1.54) is 82.4 Å². The fraction of sp³-hybridized carbons (Fsp3) is 0.0159. The Morgan fingerprint density at radius 2 is 0.662 bits per heavy atom. The minimum atomic E-state index is 1.11. The first-order valence-corrected chi connectivity index (χ1v) is 22.4. The van der Waals surface area contributed by atoms with Crippen LogP contribution in [0.3, 0.4) is 0 Å². The summed E-state index contributed by atoms with van der Waals surface area (Å²) >= 11 is 0. The van der Waals surface area contributed by atoms with Gasteiger partial charge in [0.2, 0.25) is 0 Å². The van der Waals surface area contributed by atoms with Gasteiger partial charge in [-0.3, -0.25) is 0 Å². The van der Waals surface area contributed by atoms with E-state index in [1.54, 1.807) is 0 Å². The van der Waals surface area contributed by atoms with Crippen LogP contribution in [-0.2, 0) is 0 Å². The molecule has 0 radical (unpaired) electrons. The average molecular weight is 829 g/mol. The topological polar surface area (TPSA) is 9.86 Å². The minimum Gasteiger partial charge on any atom is -0.309 e. The molecule has 2 aromatic heterocycles. The van der Waals surface area contributed by atoms with Crippen molar-refractivity contribution in [3.8, 4) is 78.7 Å². The summed E-state index contributed by atoms with van der Waals surface area (Å²) in [6.45, 7) is 2.17. The van der Waals surface area contributed by atoms with Gasteiger partial charge in [0.15, 0.2) is 0 Å². The first kappa shape index (κ1) is 38.2. The summed E-state index contributed by atoms with van der Waals surface area (Å²) in [6.07, 6.45) is 0. The van der Waals surface area contributed by atoms with Gasteiger partial charge in [0.25, 0.3) is 0 Å². The summed E-state index contributed by atoms with van der Waals surface area (Å²) in [5, 5.41) is 7.28. The second-order valence-electron chi connectivity index (χ2n) is 16.9. The second-order valence-corrected chi connectivity index (χ2v) is 16.9. The first-order chi connectivity index (χ1) is 32.2. The van der Waals surface area contributed by atoms with Crippen LogP contribution in [0.5, 0.6) is 0 Å². The van der Waals surface area contributed by atoms with E-state index < -0.39 is 0 Å². The quantitative estimate of drug-likeness (QED) is 0.135. The van der Waals surface area contributed by atoms with Gasteiger partial charge in [-0.2, -0.15) is 0 Å². The van der Waals surface area contributed by atoms with E-state index in [-0.39, 0.29) is 0 Å². The van der Waals surface area contributed by atoms with Crippen molar-refractivity contribution in [2.45, 2.75) is 6.92 Å². The molecule has 10 aromatic carbocycles. The lowest BCUT2D eigenvalue weighted by molar-refractivity contribution is 1.10. The number of nitrogens with zero attached hydrogens (tertiary/aromatic N) is 2. The van der Waals surface area contributed by atoms with E-state index in [0.717, 1.165) is 34.2 Å². The number of rotatable bonds is 8. The molecule has 2 heteroatoms. The number of hydrogen-bond donors (Lipinski definition) is 0. The molecule has 2 heterocycles. The normalized spacial score (nSPS) is 11.5. The van der Waals surface area contributed by atoms with Gasteiger partial charge >= 0.3 is 0 Å². The zero-order chi connectivity index (χ0) is 43.3. The molecule has 0 unspecified atom stereocenters. The van der Waals surface area contributed by atoms with Crippen molar-refractivity contribution in [1.29, 1.82) is 0 Å². The van der Waals surface area contributed by atoms with Crippen LogP contribution < -0.4 is 0 Å². The zero-order valence-corrected chi connectivity index (χ0v) is 36.1. The van der Waals surface area contributed by atoms with Crippen LogP contribution in [0.15, 0.2) is 249 Å². The third-order valence-corrected chi connectivity index (χ3v) is 13.0. The molecule has 0 aliphatic carbocycles. The van der Waals surface area contributed by atoms with Gasteiger partial charge < -0.3 is 9.13 Å². The highest BCUT2D eigenvalue weighted by atomic mass is 15.0. The maximum Gasteiger partial charge on any atom is 0.0535 e. The Kier molecular flexibility index (Phi) is 9.43. The number of aryl methyl sites for hydroxylation is 1. The molecule has 306 valence electrons. The van der Waals surface area contributed by atoms with Crippen LogP contribution >= 0.6 is 0 Å². The molecular formula is C63H44N2. The Morgan fingerprint density at radius 3 is 1.14 bits per heavy atom. The van der Waals surface area contributed by atoms with E-state index in [0.29, 0.717) is 0 Å². The molecule has 0 spiro atoms. The van der Waals surface area contributed by atoms with Gasteiger partial charge in [-0.1, -0.05) is 206 Å². The van der Waals surface area contributed by atoms with Crippen molar-refractivity contribution in [2.24, 2.45) is 0 Å². The van der Waals surface area contributed by atoms with E-state index in [1.807, 2.05) is 0 Å². The van der Waals surface area contributed by atoms with Crippen LogP contribution in [0.2, 0.25) is 0 Å². The van der Waals surface area contributed by atoms with Crippen LogP contribution in [0.4, 0.5) is 0 Å². The van der Waals surface area contributed by atoms with Crippen molar-refractivity contribution in [3.63, 3.8) is 0 Å².